The van der Waals surface area contributed by atoms with E-state index in [4.69, 9.17) is 14.5 Å². The lowest BCUT2D eigenvalue weighted by Gasteiger charge is -2.32. The van der Waals surface area contributed by atoms with Gasteiger partial charge in [-0.2, -0.15) is 0 Å². The lowest BCUT2D eigenvalue weighted by atomic mass is 9.93. The van der Waals surface area contributed by atoms with Crippen molar-refractivity contribution >= 4 is 33.8 Å². The van der Waals surface area contributed by atoms with Crippen LogP contribution in [0.25, 0.3) is 32.9 Å². The number of imidazole rings is 1. The fourth-order valence-corrected chi connectivity index (χ4v) is 6.08. The van der Waals surface area contributed by atoms with Crippen LogP contribution < -0.4 is 10.1 Å². The molecule has 0 radical (unpaired) electrons. The van der Waals surface area contributed by atoms with Gasteiger partial charge in [0.2, 0.25) is 5.91 Å². The topological polar surface area (TPSA) is 96.5 Å². The molecule has 2 N–H and O–H groups in total. The van der Waals surface area contributed by atoms with Crippen molar-refractivity contribution in [2.24, 2.45) is 5.92 Å². The molecule has 4 aromatic rings. The molecule has 6 rings (SSSR count). The van der Waals surface area contributed by atoms with Crippen LogP contribution in [0, 0.1) is 12.8 Å². The predicted octanol–water partition coefficient (Wildman–Crippen LogP) is 6.02. The number of nitrogens with one attached hydrogen (secondary N) is 2. The highest BCUT2D eigenvalue weighted by Crippen LogP contribution is 2.42. The molecule has 202 valence electrons. The van der Waals surface area contributed by atoms with Gasteiger partial charge in [-0.3, -0.25) is 4.79 Å². The van der Waals surface area contributed by atoms with E-state index in [0.29, 0.717) is 6.61 Å². The van der Waals surface area contributed by atoms with Crippen molar-refractivity contribution in [3.05, 3.63) is 59.4 Å². The zero-order chi connectivity index (χ0) is 27.4. The molecule has 3 heterocycles. The summed E-state index contributed by atoms with van der Waals surface area (Å²) >= 11 is 0. The number of ether oxygens (including phenoxy) is 2. The number of aromatic nitrogens is 2. The Morgan fingerprint density at radius 2 is 1.95 bits per heavy atom. The summed E-state index contributed by atoms with van der Waals surface area (Å²) in [6.07, 6.45) is 1.05. The molecule has 3 aromatic carbocycles. The van der Waals surface area contributed by atoms with E-state index in [1.807, 2.05) is 24.8 Å². The third-order valence-corrected chi connectivity index (χ3v) is 8.16. The SMILES string of the molecule is COC(=O)N[C@H](C(=O)N1[C@@H](C)CC[C@H]1c1nc2ccc3cc4c(cc3c2[nH]1)OCc1cc(C)ccc1-4)C(C)C. The average molecular weight is 527 g/mol. The number of amides is 2. The average Bonchev–Trinajstić information content (AvgIpc) is 3.53. The molecule has 8 nitrogen and oxygen atoms in total. The van der Waals surface area contributed by atoms with Crippen LogP contribution in [0.1, 0.15) is 56.6 Å². The summed E-state index contributed by atoms with van der Waals surface area (Å²) in [6.45, 7) is 8.54. The molecular weight excluding hydrogens is 492 g/mol. The summed E-state index contributed by atoms with van der Waals surface area (Å²) in [7, 11) is 1.30. The number of hydrogen-bond donors (Lipinski definition) is 2. The number of likely N-dealkylation sites (tertiary alicyclic amines) is 1. The molecule has 0 bridgehead atoms. The number of H-pyrrole nitrogens is 1. The van der Waals surface area contributed by atoms with E-state index in [9.17, 15) is 9.59 Å². The highest BCUT2D eigenvalue weighted by atomic mass is 16.5. The second-order valence-corrected chi connectivity index (χ2v) is 11.1. The molecule has 0 unspecified atom stereocenters. The van der Waals surface area contributed by atoms with Gasteiger partial charge in [0, 0.05) is 17.0 Å². The monoisotopic (exact) mass is 526 g/mol. The van der Waals surface area contributed by atoms with Crippen LogP contribution in [-0.4, -0.2) is 46.1 Å². The van der Waals surface area contributed by atoms with E-state index in [1.165, 1.54) is 23.8 Å². The van der Waals surface area contributed by atoms with Crippen LogP contribution in [0.3, 0.4) is 0 Å². The zero-order valence-corrected chi connectivity index (χ0v) is 23.0. The third-order valence-electron chi connectivity index (χ3n) is 8.16. The first-order valence-corrected chi connectivity index (χ1v) is 13.6. The van der Waals surface area contributed by atoms with Gasteiger partial charge in [0.1, 0.15) is 24.2 Å². The van der Waals surface area contributed by atoms with Gasteiger partial charge in [-0.25, -0.2) is 9.78 Å². The number of aromatic amines is 1. The Morgan fingerprint density at radius 1 is 1.13 bits per heavy atom. The van der Waals surface area contributed by atoms with E-state index < -0.39 is 12.1 Å². The number of hydrogen-bond acceptors (Lipinski definition) is 5. The zero-order valence-electron chi connectivity index (χ0n) is 23.0. The second-order valence-electron chi connectivity index (χ2n) is 11.1. The lowest BCUT2D eigenvalue weighted by molar-refractivity contribution is -0.137. The molecule has 1 aromatic heterocycles. The number of methoxy groups -OCH3 is 1. The number of rotatable bonds is 4. The maximum atomic E-state index is 13.7. The number of benzene rings is 3. The Morgan fingerprint density at radius 3 is 2.72 bits per heavy atom. The number of carbonyl (C=O) groups is 2. The fourth-order valence-electron chi connectivity index (χ4n) is 6.08. The highest BCUT2D eigenvalue weighted by molar-refractivity contribution is 6.07. The standard InChI is InChI=1S/C31H34N4O4/c1-16(2)27(34-31(37)38-5)30(36)35-18(4)7-11-25(35)29-32-24-10-8-19-13-23-21-9-6-17(3)12-20(21)15-39-26(23)14-22(19)28(24)33-29/h6,8-10,12-14,16,18,25,27H,7,11,15H2,1-5H3,(H,32,33)(H,34,37)/t18-,25-,27-/m0/s1. The van der Waals surface area contributed by atoms with E-state index in [1.54, 1.807) is 0 Å². The van der Waals surface area contributed by atoms with Crippen LogP contribution in [0.4, 0.5) is 4.79 Å². The summed E-state index contributed by atoms with van der Waals surface area (Å²) in [5.74, 6) is 1.41. The summed E-state index contributed by atoms with van der Waals surface area (Å²) in [5, 5.41) is 4.87. The minimum absolute atomic E-state index is 0.0253. The number of alkyl carbamates (subject to hydrolysis) is 1. The number of carbonyl (C=O) groups excluding carboxylic acids is 2. The van der Waals surface area contributed by atoms with E-state index in [0.717, 1.165) is 51.8 Å². The number of nitrogens with zero attached hydrogens (tertiary/aromatic N) is 2. The van der Waals surface area contributed by atoms with Crippen molar-refractivity contribution in [1.82, 2.24) is 20.2 Å². The molecule has 3 atom stereocenters. The first-order chi connectivity index (χ1) is 18.7. The van der Waals surface area contributed by atoms with Crippen molar-refractivity contribution in [2.45, 2.75) is 65.3 Å². The summed E-state index contributed by atoms with van der Waals surface area (Å²) < 4.78 is 11.0. The summed E-state index contributed by atoms with van der Waals surface area (Å²) in [6, 6.07) is 14.1. The van der Waals surface area contributed by atoms with E-state index in [2.05, 4.69) is 60.5 Å². The van der Waals surface area contributed by atoms with Crippen LogP contribution in [0.15, 0.2) is 42.5 Å². The molecule has 1 saturated heterocycles. The first-order valence-electron chi connectivity index (χ1n) is 13.6. The van der Waals surface area contributed by atoms with Crippen molar-refractivity contribution in [3.63, 3.8) is 0 Å². The lowest BCUT2D eigenvalue weighted by Crippen LogP contribution is -2.52. The third kappa shape index (κ3) is 4.28. The Hall–Kier alpha value is -4.07. The van der Waals surface area contributed by atoms with E-state index in [-0.39, 0.29) is 23.9 Å². The van der Waals surface area contributed by atoms with Crippen molar-refractivity contribution in [2.75, 3.05) is 7.11 Å². The Kier molecular flexibility index (Phi) is 6.20. The van der Waals surface area contributed by atoms with Crippen LogP contribution in [0.2, 0.25) is 0 Å². The van der Waals surface area contributed by atoms with Gasteiger partial charge < -0.3 is 24.7 Å². The highest BCUT2D eigenvalue weighted by Gasteiger charge is 2.41. The Bertz CT molecular complexity index is 1610. The molecule has 0 aliphatic carbocycles. The maximum Gasteiger partial charge on any atom is 0.407 e. The van der Waals surface area contributed by atoms with Gasteiger partial charge >= 0.3 is 6.09 Å². The normalized spacial score (nSPS) is 19.1. The van der Waals surface area contributed by atoms with Gasteiger partial charge in [-0.1, -0.05) is 43.7 Å². The molecule has 39 heavy (non-hydrogen) atoms. The predicted molar refractivity (Wildman–Crippen MR) is 151 cm³/mol. The smallest absolute Gasteiger partial charge is 0.407 e. The fraction of sp³-hybridized carbons (Fsp3) is 0.387. The molecule has 0 spiro atoms. The van der Waals surface area contributed by atoms with Crippen LogP contribution in [-0.2, 0) is 16.1 Å². The van der Waals surface area contributed by atoms with Gasteiger partial charge in [0.05, 0.1) is 24.2 Å². The van der Waals surface area contributed by atoms with Gasteiger partial charge in [-0.05, 0) is 67.3 Å². The molecule has 8 heteroatoms. The van der Waals surface area contributed by atoms with Crippen molar-refractivity contribution < 1.29 is 19.1 Å². The Labute approximate surface area is 227 Å². The minimum atomic E-state index is -0.680. The number of aryl methyl sites for hydroxylation is 1. The summed E-state index contributed by atoms with van der Waals surface area (Å²) in [4.78, 5) is 36.1. The van der Waals surface area contributed by atoms with Crippen LogP contribution >= 0.6 is 0 Å². The van der Waals surface area contributed by atoms with Gasteiger partial charge in [0.25, 0.3) is 0 Å². The molecule has 2 aliphatic heterocycles. The molecular formula is C31H34N4O4. The Balaban J connectivity index is 1.38. The molecule has 0 saturated carbocycles. The maximum absolute atomic E-state index is 13.7. The number of fused-ring (bicyclic) bond motifs is 6. The van der Waals surface area contributed by atoms with Crippen molar-refractivity contribution in [3.8, 4) is 16.9 Å². The molecule has 1 fully saturated rings. The van der Waals surface area contributed by atoms with Gasteiger partial charge in [-0.15, -0.1) is 0 Å². The van der Waals surface area contributed by atoms with Gasteiger partial charge in [0.15, 0.2) is 0 Å². The first kappa shape index (κ1) is 25.2. The molecule has 2 amide bonds. The van der Waals surface area contributed by atoms with Crippen LogP contribution in [0.5, 0.6) is 5.75 Å². The quantitative estimate of drug-likeness (QED) is 0.339. The minimum Gasteiger partial charge on any atom is -0.488 e. The summed E-state index contributed by atoms with van der Waals surface area (Å²) in [5.41, 5.74) is 6.52. The second kappa shape index (κ2) is 9.59. The van der Waals surface area contributed by atoms with E-state index >= 15 is 0 Å². The van der Waals surface area contributed by atoms with Crippen molar-refractivity contribution in [1.29, 1.82) is 0 Å². The largest absolute Gasteiger partial charge is 0.488 e. The molecule has 2 aliphatic rings.